The second-order valence-corrected chi connectivity index (χ2v) is 7.49. The zero-order chi connectivity index (χ0) is 16.8. The van der Waals surface area contributed by atoms with Gasteiger partial charge in [-0.3, -0.25) is 9.69 Å². The fourth-order valence-electron chi connectivity index (χ4n) is 3.41. The van der Waals surface area contributed by atoms with Crippen LogP contribution in [0.4, 0.5) is 0 Å². The fraction of sp³-hybridized carbons (Fsp3) is 0.450. The molecule has 1 aromatic carbocycles. The highest BCUT2D eigenvalue weighted by molar-refractivity contribution is 7.10. The Bertz CT molecular complexity index is 645. The highest BCUT2D eigenvalue weighted by Crippen LogP contribution is 2.27. The van der Waals surface area contributed by atoms with Gasteiger partial charge in [0.15, 0.2) is 0 Å². The molecule has 4 heteroatoms. The first-order valence-electron chi connectivity index (χ1n) is 8.87. The number of nitrogens with one attached hydrogen (secondary N) is 1. The van der Waals surface area contributed by atoms with Gasteiger partial charge in [0, 0.05) is 17.0 Å². The number of carbonyl (C=O) groups excluding carboxylic acids is 1. The summed E-state index contributed by atoms with van der Waals surface area (Å²) in [7, 11) is 0. The summed E-state index contributed by atoms with van der Waals surface area (Å²) in [6, 6.07) is 12.4. The molecule has 1 aliphatic rings. The first-order valence-corrected chi connectivity index (χ1v) is 9.75. The molecule has 1 unspecified atom stereocenters. The van der Waals surface area contributed by atoms with Crippen molar-refractivity contribution < 1.29 is 4.79 Å². The number of nitrogens with zero attached hydrogens (tertiary/aromatic N) is 1. The molecule has 1 aliphatic heterocycles. The van der Waals surface area contributed by atoms with Crippen LogP contribution in [0.25, 0.3) is 0 Å². The Morgan fingerprint density at radius 2 is 1.88 bits per heavy atom. The second-order valence-electron chi connectivity index (χ2n) is 6.51. The van der Waals surface area contributed by atoms with Crippen molar-refractivity contribution in [3.8, 4) is 0 Å². The van der Waals surface area contributed by atoms with Gasteiger partial charge in [-0.2, -0.15) is 0 Å². The maximum Gasteiger partial charge on any atom is 0.251 e. The smallest absolute Gasteiger partial charge is 0.251 e. The van der Waals surface area contributed by atoms with Crippen molar-refractivity contribution >= 4 is 17.2 Å². The van der Waals surface area contributed by atoms with Crippen molar-refractivity contribution in [2.45, 2.75) is 38.6 Å². The minimum absolute atomic E-state index is 0.0319. The van der Waals surface area contributed by atoms with Gasteiger partial charge in [-0.05, 0) is 55.9 Å². The molecule has 0 aliphatic carbocycles. The molecule has 0 spiro atoms. The third kappa shape index (κ3) is 4.25. The Labute approximate surface area is 148 Å². The number of benzene rings is 1. The average Bonchev–Trinajstić information content (AvgIpc) is 2.98. The Hall–Kier alpha value is -1.65. The van der Waals surface area contributed by atoms with Gasteiger partial charge in [-0.1, -0.05) is 37.1 Å². The van der Waals surface area contributed by atoms with Crippen LogP contribution in [0.15, 0.2) is 41.8 Å². The van der Waals surface area contributed by atoms with Crippen LogP contribution in [-0.2, 0) is 0 Å². The van der Waals surface area contributed by atoms with E-state index in [0.29, 0.717) is 6.54 Å². The van der Waals surface area contributed by atoms with E-state index in [2.05, 4.69) is 27.7 Å². The third-order valence-corrected chi connectivity index (χ3v) is 5.77. The molecule has 3 rings (SSSR count). The minimum Gasteiger partial charge on any atom is -0.350 e. The molecule has 1 aromatic heterocycles. The molecule has 1 N–H and O–H groups in total. The van der Waals surface area contributed by atoms with E-state index in [9.17, 15) is 4.79 Å². The second kappa shape index (κ2) is 8.45. The van der Waals surface area contributed by atoms with Crippen LogP contribution in [0.5, 0.6) is 0 Å². The van der Waals surface area contributed by atoms with Crippen LogP contribution in [0.1, 0.15) is 52.5 Å². The van der Waals surface area contributed by atoms with Gasteiger partial charge in [0.25, 0.3) is 5.91 Å². The summed E-state index contributed by atoms with van der Waals surface area (Å²) in [6.07, 6.45) is 5.16. The lowest BCUT2D eigenvalue weighted by Gasteiger charge is -2.30. The predicted octanol–water partition coefficient (Wildman–Crippen LogP) is 4.40. The van der Waals surface area contributed by atoms with Crippen molar-refractivity contribution in [3.63, 3.8) is 0 Å². The van der Waals surface area contributed by atoms with Gasteiger partial charge in [0.05, 0.1) is 6.04 Å². The SMILES string of the molecule is Cc1ccccc1C(=O)NCC(c1cccs1)N1CCCCCC1. The van der Waals surface area contributed by atoms with E-state index in [1.165, 1.54) is 30.6 Å². The van der Waals surface area contributed by atoms with Crippen LogP contribution in [0.2, 0.25) is 0 Å². The predicted molar refractivity (Wildman–Crippen MR) is 101 cm³/mol. The lowest BCUT2D eigenvalue weighted by atomic mass is 10.1. The Balaban J connectivity index is 1.70. The summed E-state index contributed by atoms with van der Waals surface area (Å²) < 4.78 is 0. The van der Waals surface area contributed by atoms with Crippen molar-refractivity contribution in [2.75, 3.05) is 19.6 Å². The molecule has 1 saturated heterocycles. The summed E-state index contributed by atoms with van der Waals surface area (Å²) in [5.74, 6) is 0.0319. The van der Waals surface area contributed by atoms with Crippen LogP contribution in [0, 0.1) is 6.92 Å². The Kier molecular flexibility index (Phi) is 6.05. The Morgan fingerprint density at radius 1 is 1.12 bits per heavy atom. The van der Waals surface area contributed by atoms with E-state index in [-0.39, 0.29) is 11.9 Å². The van der Waals surface area contributed by atoms with Crippen molar-refractivity contribution in [1.29, 1.82) is 0 Å². The summed E-state index contributed by atoms with van der Waals surface area (Å²) >= 11 is 1.79. The number of amides is 1. The number of hydrogen-bond donors (Lipinski definition) is 1. The highest BCUT2D eigenvalue weighted by atomic mass is 32.1. The van der Waals surface area contributed by atoms with Gasteiger partial charge in [0.2, 0.25) is 0 Å². The molecule has 0 radical (unpaired) electrons. The maximum atomic E-state index is 12.6. The van der Waals surface area contributed by atoms with E-state index in [4.69, 9.17) is 0 Å². The minimum atomic E-state index is 0.0319. The van der Waals surface area contributed by atoms with E-state index >= 15 is 0 Å². The zero-order valence-electron chi connectivity index (χ0n) is 14.3. The number of thiophene rings is 1. The topological polar surface area (TPSA) is 32.3 Å². The molecule has 2 aromatic rings. The molecule has 128 valence electrons. The van der Waals surface area contributed by atoms with E-state index in [0.717, 1.165) is 24.2 Å². The lowest BCUT2D eigenvalue weighted by molar-refractivity contribution is 0.0933. The van der Waals surface area contributed by atoms with Crippen molar-refractivity contribution in [1.82, 2.24) is 10.2 Å². The van der Waals surface area contributed by atoms with Gasteiger partial charge in [-0.15, -0.1) is 11.3 Å². The summed E-state index contributed by atoms with van der Waals surface area (Å²) in [5, 5.41) is 5.30. The number of hydrogen-bond acceptors (Lipinski definition) is 3. The monoisotopic (exact) mass is 342 g/mol. The standard InChI is InChI=1S/C20H26N2OS/c1-16-9-4-5-10-17(16)20(23)21-15-18(19-11-8-14-24-19)22-12-6-2-3-7-13-22/h4-5,8-11,14,18H,2-3,6-7,12-13,15H2,1H3,(H,21,23). The molecular weight excluding hydrogens is 316 g/mol. The summed E-state index contributed by atoms with van der Waals surface area (Å²) in [6.45, 7) is 4.92. The quantitative estimate of drug-likeness (QED) is 0.873. The first-order chi connectivity index (χ1) is 11.8. The zero-order valence-corrected chi connectivity index (χ0v) is 15.1. The highest BCUT2D eigenvalue weighted by Gasteiger charge is 2.23. The third-order valence-electron chi connectivity index (χ3n) is 4.80. The Morgan fingerprint density at radius 3 is 2.54 bits per heavy atom. The average molecular weight is 343 g/mol. The number of carbonyl (C=O) groups is 1. The van der Waals surface area contributed by atoms with Crippen LogP contribution in [-0.4, -0.2) is 30.4 Å². The molecule has 3 nitrogen and oxygen atoms in total. The summed E-state index contributed by atoms with van der Waals surface area (Å²) in [5.41, 5.74) is 1.80. The first kappa shape index (κ1) is 17.2. The molecule has 24 heavy (non-hydrogen) atoms. The molecule has 1 atom stereocenters. The maximum absolute atomic E-state index is 12.6. The summed E-state index contributed by atoms with van der Waals surface area (Å²) in [4.78, 5) is 16.5. The molecule has 0 saturated carbocycles. The van der Waals surface area contributed by atoms with Crippen molar-refractivity contribution in [2.24, 2.45) is 0 Å². The largest absolute Gasteiger partial charge is 0.350 e. The van der Waals surface area contributed by atoms with Gasteiger partial charge < -0.3 is 5.32 Å². The van der Waals surface area contributed by atoms with Crippen LogP contribution in [0.3, 0.4) is 0 Å². The molecular formula is C20H26N2OS. The van der Waals surface area contributed by atoms with E-state index in [1.54, 1.807) is 11.3 Å². The molecule has 1 amide bonds. The fourth-order valence-corrected chi connectivity index (χ4v) is 4.27. The van der Waals surface area contributed by atoms with Gasteiger partial charge in [0.1, 0.15) is 0 Å². The van der Waals surface area contributed by atoms with Crippen molar-refractivity contribution in [3.05, 3.63) is 57.8 Å². The van der Waals surface area contributed by atoms with Gasteiger partial charge >= 0.3 is 0 Å². The van der Waals surface area contributed by atoms with E-state index < -0.39 is 0 Å². The van der Waals surface area contributed by atoms with Gasteiger partial charge in [-0.25, -0.2) is 0 Å². The number of aryl methyl sites for hydroxylation is 1. The molecule has 1 fully saturated rings. The molecule has 0 bridgehead atoms. The number of likely N-dealkylation sites (tertiary alicyclic amines) is 1. The normalized spacial score (nSPS) is 17.2. The van der Waals surface area contributed by atoms with Crippen LogP contribution >= 0.6 is 11.3 Å². The van der Waals surface area contributed by atoms with E-state index in [1.807, 2.05) is 31.2 Å². The van der Waals surface area contributed by atoms with Crippen LogP contribution < -0.4 is 5.32 Å². The molecule has 2 heterocycles. The number of rotatable bonds is 5. The lowest BCUT2D eigenvalue weighted by Crippen LogP contribution is -2.38.